The average Bonchev–Trinajstić information content (AvgIpc) is 2.81. The molecule has 0 bridgehead atoms. The molecule has 0 aromatic heterocycles. The number of nitrogens with zero attached hydrogens (tertiary/aromatic N) is 1. The lowest BCUT2D eigenvalue weighted by molar-refractivity contribution is -0.112. The Morgan fingerprint density at radius 2 is 1.91 bits per heavy atom. The molecule has 0 heterocycles. The molecule has 3 aromatic carbocycles. The van der Waals surface area contributed by atoms with E-state index in [0.29, 0.717) is 24.5 Å². The van der Waals surface area contributed by atoms with Gasteiger partial charge < -0.3 is 14.8 Å². The second-order valence-electron chi connectivity index (χ2n) is 7.03. The molecule has 3 aromatic rings. The van der Waals surface area contributed by atoms with Gasteiger partial charge in [0.05, 0.1) is 13.7 Å². The van der Waals surface area contributed by atoms with Crippen LogP contribution in [0.15, 0.2) is 70.7 Å². The number of hydrogen-bond acceptors (Lipinski definition) is 4. The summed E-state index contributed by atoms with van der Waals surface area (Å²) in [4.78, 5) is 12.7. The van der Waals surface area contributed by atoms with Gasteiger partial charge in [0.2, 0.25) is 0 Å². The zero-order chi connectivity index (χ0) is 23.8. The van der Waals surface area contributed by atoms with E-state index in [1.165, 1.54) is 0 Å². The normalized spacial score (nSPS) is 10.9. The Morgan fingerprint density at radius 3 is 2.55 bits per heavy atom. The van der Waals surface area contributed by atoms with Crippen LogP contribution in [0.1, 0.15) is 23.6 Å². The van der Waals surface area contributed by atoms with E-state index in [4.69, 9.17) is 9.47 Å². The molecule has 168 valence electrons. The zero-order valence-corrected chi connectivity index (χ0v) is 21.9. The van der Waals surface area contributed by atoms with E-state index < -0.39 is 5.91 Å². The predicted molar refractivity (Wildman–Crippen MR) is 142 cm³/mol. The largest absolute Gasteiger partial charge is 0.497 e. The second-order valence-corrected chi connectivity index (χ2v) is 9.05. The fourth-order valence-electron chi connectivity index (χ4n) is 3.19. The molecule has 0 saturated heterocycles. The van der Waals surface area contributed by atoms with Crippen LogP contribution in [0, 0.1) is 14.9 Å². The Balaban J connectivity index is 1.89. The summed E-state index contributed by atoms with van der Waals surface area (Å²) in [6.45, 7) is 2.44. The minimum Gasteiger partial charge on any atom is -0.497 e. The van der Waals surface area contributed by atoms with E-state index in [2.05, 4.69) is 49.9 Å². The molecule has 0 atom stereocenters. The van der Waals surface area contributed by atoms with Gasteiger partial charge in [-0.2, -0.15) is 5.26 Å². The van der Waals surface area contributed by atoms with E-state index in [0.717, 1.165) is 30.5 Å². The number of carbonyl (C=O) groups excluding carboxylic acids is 1. The number of rotatable bonds is 8. The Morgan fingerprint density at radius 1 is 1.18 bits per heavy atom. The van der Waals surface area contributed by atoms with Crippen LogP contribution < -0.4 is 14.8 Å². The third kappa shape index (κ3) is 6.59. The van der Waals surface area contributed by atoms with Crippen molar-refractivity contribution in [3.8, 4) is 17.6 Å². The molecule has 0 aliphatic rings. The molecule has 3 rings (SSSR count). The van der Waals surface area contributed by atoms with Crippen molar-refractivity contribution in [1.82, 2.24) is 0 Å². The van der Waals surface area contributed by atoms with Crippen LogP contribution in [0.5, 0.6) is 11.5 Å². The summed E-state index contributed by atoms with van der Waals surface area (Å²) in [5.74, 6) is 0.942. The van der Waals surface area contributed by atoms with Gasteiger partial charge in [-0.1, -0.05) is 34.1 Å². The number of ether oxygens (including phenoxy) is 2. The van der Waals surface area contributed by atoms with Crippen molar-refractivity contribution < 1.29 is 14.3 Å². The van der Waals surface area contributed by atoms with E-state index in [-0.39, 0.29) is 5.57 Å². The van der Waals surface area contributed by atoms with Crippen LogP contribution >= 0.6 is 38.5 Å². The van der Waals surface area contributed by atoms with Gasteiger partial charge in [0, 0.05) is 25.7 Å². The van der Waals surface area contributed by atoms with Crippen molar-refractivity contribution in [1.29, 1.82) is 5.26 Å². The Labute approximate surface area is 215 Å². The monoisotopic (exact) mass is 616 g/mol. The van der Waals surface area contributed by atoms with Gasteiger partial charge >= 0.3 is 0 Å². The van der Waals surface area contributed by atoms with Gasteiger partial charge in [0.15, 0.2) is 0 Å². The van der Waals surface area contributed by atoms with E-state index in [1.807, 2.05) is 43.3 Å². The predicted octanol–water partition coefficient (Wildman–Crippen LogP) is 6.60. The lowest BCUT2D eigenvalue weighted by Gasteiger charge is -2.15. The number of hydrogen-bond donors (Lipinski definition) is 1. The minimum absolute atomic E-state index is 0.00243. The van der Waals surface area contributed by atoms with Crippen LogP contribution in [0.3, 0.4) is 0 Å². The van der Waals surface area contributed by atoms with E-state index in [1.54, 1.807) is 37.5 Å². The van der Waals surface area contributed by atoms with Gasteiger partial charge in [0.25, 0.3) is 5.91 Å². The molecular formula is C26H22BrIN2O3. The lowest BCUT2D eigenvalue weighted by Crippen LogP contribution is -2.13. The second kappa shape index (κ2) is 11.9. The van der Waals surface area contributed by atoms with Crippen molar-refractivity contribution in [2.75, 3.05) is 19.0 Å². The number of anilines is 1. The molecule has 33 heavy (non-hydrogen) atoms. The van der Waals surface area contributed by atoms with Crippen LogP contribution in [0.2, 0.25) is 0 Å². The van der Waals surface area contributed by atoms with Crippen molar-refractivity contribution in [2.24, 2.45) is 0 Å². The molecule has 1 N–H and O–H groups in total. The van der Waals surface area contributed by atoms with Gasteiger partial charge in [-0.25, -0.2) is 0 Å². The van der Waals surface area contributed by atoms with Crippen LogP contribution in [-0.2, 0) is 11.2 Å². The van der Waals surface area contributed by atoms with Gasteiger partial charge in [0.1, 0.15) is 23.1 Å². The van der Waals surface area contributed by atoms with Gasteiger partial charge in [-0.3, -0.25) is 4.79 Å². The number of methoxy groups -OCH3 is 1. The van der Waals surface area contributed by atoms with Crippen LogP contribution in [-0.4, -0.2) is 19.6 Å². The molecule has 0 aliphatic heterocycles. The number of carbonyl (C=O) groups is 1. The molecule has 0 spiro atoms. The Bertz CT molecular complexity index is 1220. The fourth-order valence-corrected chi connectivity index (χ4v) is 4.43. The summed E-state index contributed by atoms with van der Waals surface area (Å²) >= 11 is 5.88. The first-order valence-corrected chi connectivity index (χ1v) is 12.1. The van der Waals surface area contributed by atoms with Crippen LogP contribution in [0.4, 0.5) is 5.69 Å². The smallest absolute Gasteiger partial charge is 0.266 e. The number of benzene rings is 3. The topological polar surface area (TPSA) is 71.3 Å². The minimum atomic E-state index is -0.479. The summed E-state index contributed by atoms with van der Waals surface area (Å²) in [6, 6.07) is 20.8. The zero-order valence-electron chi connectivity index (χ0n) is 18.2. The standard InChI is InChI=1S/C26H22BrIN2O3/c1-3-33-25-14-17(13-24(28)22(25)15-18-6-4-5-7-23(18)27)12-19(16-29)26(31)30-20-8-10-21(32-2)11-9-20/h4-14H,3,15H2,1-2H3,(H,30,31)/b19-12+. The molecular weight excluding hydrogens is 595 g/mol. The maximum absolute atomic E-state index is 12.7. The summed E-state index contributed by atoms with van der Waals surface area (Å²) in [5.41, 5.74) is 3.51. The maximum Gasteiger partial charge on any atom is 0.266 e. The Kier molecular flexibility index (Phi) is 8.92. The highest BCUT2D eigenvalue weighted by Crippen LogP contribution is 2.31. The maximum atomic E-state index is 12.7. The van der Waals surface area contributed by atoms with Crippen LogP contribution in [0.25, 0.3) is 6.08 Å². The third-order valence-corrected chi connectivity index (χ3v) is 6.56. The SMILES string of the molecule is CCOc1cc(/C=C(\C#N)C(=O)Nc2ccc(OC)cc2)cc(I)c1Cc1ccccc1Br. The van der Waals surface area contributed by atoms with Gasteiger partial charge in [-0.15, -0.1) is 0 Å². The quantitative estimate of drug-likeness (QED) is 0.176. The highest BCUT2D eigenvalue weighted by molar-refractivity contribution is 14.1. The summed E-state index contributed by atoms with van der Waals surface area (Å²) < 4.78 is 13.1. The fraction of sp³-hybridized carbons (Fsp3) is 0.154. The van der Waals surface area contributed by atoms with Crippen molar-refractivity contribution in [3.63, 3.8) is 0 Å². The third-order valence-electron chi connectivity index (χ3n) is 4.83. The summed E-state index contributed by atoms with van der Waals surface area (Å²) in [6.07, 6.45) is 2.27. The first-order valence-electron chi connectivity index (χ1n) is 10.2. The molecule has 0 aliphatic carbocycles. The average molecular weight is 617 g/mol. The summed E-state index contributed by atoms with van der Waals surface area (Å²) in [7, 11) is 1.58. The molecule has 0 saturated carbocycles. The van der Waals surface area contributed by atoms with Crippen molar-refractivity contribution in [2.45, 2.75) is 13.3 Å². The van der Waals surface area contributed by atoms with Crippen molar-refractivity contribution in [3.05, 3.63) is 91.0 Å². The highest BCUT2D eigenvalue weighted by Gasteiger charge is 2.15. The highest BCUT2D eigenvalue weighted by atomic mass is 127. The Hall–Kier alpha value is -2.83. The number of amides is 1. The lowest BCUT2D eigenvalue weighted by atomic mass is 10.0. The molecule has 0 unspecified atom stereocenters. The molecule has 0 radical (unpaired) electrons. The molecule has 7 heteroatoms. The molecule has 1 amide bonds. The molecule has 0 fully saturated rings. The number of halogens is 2. The van der Waals surface area contributed by atoms with Gasteiger partial charge in [-0.05, 0) is 89.2 Å². The van der Waals surface area contributed by atoms with E-state index >= 15 is 0 Å². The number of nitrogens with one attached hydrogen (secondary N) is 1. The van der Waals surface area contributed by atoms with E-state index in [9.17, 15) is 10.1 Å². The first kappa shape index (κ1) is 24.8. The summed E-state index contributed by atoms with van der Waals surface area (Å²) in [5, 5.41) is 12.3. The van der Waals surface area contributed by atoms with Crippen molar-refractivity contribution >= 4 is 56.2 Å². The first-order chi connectivity index (χ1) is 15.9. The number of nitriles is 1. The molecule has 5 nitrogen and oxygen atoms in total.